The minimum Gasteiger partial charge on any atom is -0.348 e. The van der Waals surface area contributed by atoms with Crippen LogP contribution in [0.3, 0.4) is 0 Å². The van der Waals surface area contributed by atoms with Crippen LogP contribution in [-0.4, -0.2) is 31.4 Å². The molecular formula is C17H20N6S. The molecule has 4 rings (SSSR count). The number of nitrogens with one attached hydrogen (secondary N) is 2. The van der Waals surface area contributed by atoms with E-state index in [1.807, 2.05) is 18.5 Å². The van der Waals surface area contributed by atoms with Crippen LogP contribution in [-0.2, 0) is 6.54 Å². The van der Waals surface area contributed by atoms with Crippen LogP contribution in [0.5, 0.6) is 0 Å². The number of nitrogens with zero attached hydrogens (tertiary/aromatic N) is 4. The summed E-state index contributed by atoms with van der Waals surface area (Å²) in [5.74, 6) is 1.86. The monoisotopic (exact) mass is 340 g/mol. The molecule has 3 aromatic rings. The number of imidazole rings is 1. The summed E-state index contributed by atoms with van der Waals surface area (Å²) in [6.07, 6.45) is 7.88. The molecule has 0 aliphatic carbocycles. The van der Waals surface area contributed by atoms with E-state index in [4.69, 9.17) is 4.98 Å². The Morgan fingerprint density at radius 3 is 3.12 bits per heavy atom. The van der Waals surface area contributed by atoms with Crippen molar-refractivity contribution in [3.05, 3.63) is 53.2 Å². The quantitative estimate of drug-likeness (QED) is 0.742. The van der Waals surface area contributed by atoms with Crippen molar-refractivity contribution in [3.8, 4) is 0 Å². The normalized spacial score (nSPS) is 18.1. The molecule has 2 N–H and O–H groups in total. The highest BCUT2D eigenvalue weighted by Gasteiger charge is 2.27. The van der Waals surface area contributed by atoms with Gasteiger partial charge in [-0.3, -0.25) is 4.90 Å². The van der Waals surface area contributed by atoms with Crippen molar-refractivity contribution in [2.45, 2.75) is 32.4 Å². The van der Waals surface area contributed by atoms with Crippen LogP contribution in [0.4, 0.5) is 10.9 Å². The van der Waals surface area contributed by atoms with E-state index in [1.54, 1.807) is 17.5 Å². The Balaban J connectivity index is 1.51. The van der Waals surface area contributed by atoms with Crippen LogP contribution in [0.1, 0.15) is 35.3 Å². The molecule has 24 heavy (non-hydrogen) atoms. The van der Waals surface area contributed by atoms with Crippen LogP contribution < -0.4 is 5.32 Å². The number of hydrogen-bond donors (Lipinski definition) is 2. The number of thiazole rings is 1. The lowest BCUT2D eigenvalue weighted by molar-refractivity contribution is 0.239. The van der Waals surface area contributed by atoms with Crippen molar-refractivity contribution < 1.29 is 0 Å². The number of rotatable bonds is 5. The molecule has 0 amide bonds. The molecule has 3 aromatic heterocycles. The average molecular weight is 340 g/mol. The molecule has 0 spiro atoms. The Bertz CT molecular complexity index is 797. The van der Waals surface area contributed by atoms with Gasteiger partial charge in [0.05, 0.1) is 18.3 Å². The third kappa shape index (κ3) is 3.32. The zero-order valence-electron chi connectivity index (χ0n) is 13.6. The van der Waals surface area contributed by atoms with Crippen molar-refractivity contribution in [1.29, 1.82) is 0 Å². The highest BCUT2D eigenvalue weighted by atomic mass is 32.1. The first kappa shape index (κ1) is 15.3. The second-order valence-corrected chi connectivity index (χ2v) is 7.25. The number of likely N-dealkylation sites (tertiary alicyclic amines) is 1. The summed E-state index contributed by atoms with van der Waals surface area (Å²) in [6, 6.07) is 6.51. The van der Waals surface area contributed by atoms with Gasteiger partial charge in [-0.15, -0.1) is 11.3 Å². The van der Waals surface area contributed by atoms with E-state index >= 15 is 0 Å². The van der Waals surface area contributed by atoms with Crippen molar-refractivity contribution in [2.24, 2.45) is 0 Å². The topological polar surface area (TPSA) is 69.7 Å². The molecule has 4 heterocycles. The first-order valence-corrected chi connectivity index (χ1v) is 8.98. The summed E-state index contributed by atoms with van der Waals surface area (Å²) < 4.78 is 0. The van der Waals surface area contributed by atoms with E-state index in [1.165, 1.54) is 11.3 Å². The number of aromatic nitrogens is 4. The van der Waals surface area contributed by atoms with E-state index in [-0.39, 0.29) is 0 Å². The van der Waals surface area contributed by atoms with Gasteiger partial charge in [-0.25, -0.2) is 15.0 Å². The predicted molar refractivity (Wildman–Crippen MR) is 95.3 cm³/mol. The lowest BCUT2D eigenvalue weighted by Gasteiger charge is -2.23. The second kappa shape index (κ2) is 6.70. The summed E-state index contributed by atoms with van der Waals surface area (Å²) >= 11 is 1.64. The molecule has 1 saturated heterocycles. The van der Waals surface area contributed by atoms with Crippen LogP contribution in [0, 0.1) is 6.92 Å². The van der Waals surface area contributed by atoms with Crippen molar-refractivity contribution in [2.75, 3.05) is 11.9 Å². The Hall–Kier alpha value is -2.25. The van der Waals surface area contributed by atoms with Crippen LogP contribution in [0.2, 0.25) is 0 Å². The maximum absolute atomic E-state index is 4.82. The summed E-state index contributed by atoms with van der Waals surface area (Å²) in [6.45, 7) is 3.97. The van der Waals surface area contributed by atoms with Crippen molar-refractivity contribution >= 4 is 22.3 Å². The number of H-pyrrole nitrogens is 1. The Morgan fingerprint density at radius 1 is 1.38 bits per heavy atom. The zero-order valence-corrected chi connectivity index (χ0v) is 14.4. The fourth-order valence-electron chi connectivity index (χ4n) is 3.16. The maximum Gasteiger partial charge on any atom is 0.188 e. The van der Waals surface area contributed by atoms with Crippen molar-refractivity contribution in [3.63, 3.8) is 0 Å². The highest BCUT2D eigenvalue weighted by Crippen LogP contribution is 2.32. The fourth-order valence-corrected chi connectivity index (χ4v) is 3.83. The van der Waals surface area contributed by atoms with E-state index in [0.717, 1.165) is 42.0 Å². The van der Waals surface area contributed by atoms with Gasteiger partial charge in [-0.1, -0.05) is 6.07 Å². The van der Waals surface area contributed by atoms with Gasteiger partial charge in [0.1, 0.15) is 11.6 Å². The third-order valence-corrected chi connectivity index (χ3v) is 5.07. The van der Waals surface area contributed by atoms with Gasteiger partial charge in [0.15, 0.2) is 5.13 Å². The molecule has 0 saturated carbocycles. The van der Waals surface area contributed by atoms with Crippen LogP contribution in [0.25, 0.3) is 0 Å². The van der Waals surface area contributed by atoms with Gasteiger partial charge in [0, 0.05) is 23.5 Å². The second-order valence-electron chi connectivity index (χ2n) is 6.01. The smallest absolute Gasteiger partial charge is 0.188 e. The molecule has 0 bridgehead atoms. The molecule has 1 fully saturated rings. The molecule has 0 aromatic carbocycles. The Kier molecular flexibility index (Phi) is 4.27. The summed E-state index contributed by atoms with van der Waals surface area (Å²) in [5, 5.41) is 4.19. The number of aryl methyl sites for hydroxylation is 1. The third-order valence-electron chi connectivity index (χ3n) is 4.24. The molecule has 1 aliphatic heterocycles. The number of hydrogen-bond acceptors (Lipinski definition) is 6. The maximum atomic E-state index is 4.82. The summed E-state index contributed by atoms with van der Waals surface area (Å²) in [4.78, 5) is 20.3. The lowest BCUT2D eigenvalue weighted by Crippen LogP contribution is -2.24. The minimum atomic E-state index is 0.342. The standard InChI is InChI=1S/C17H20N6S/c1-12-10-20-17(24-12)22-15-6-2-4-13(21-15)14-5-3-9-23(14)11-16-18-7-8-19-16/h2,4,6-8,10,14H,3,5,9,11H2,1H3,(H,18,19)(H,20,21,22)/t14-/m1/s1. The highest BCUT2D eigenvalue weighted by molar-refractivity contribution is 7.15. The molecule has 6 nitrogen and oxygen atoms in total. The largest absolute Gasteiger partial charge is 0.348 e. The molecule has 0 unspecified atom stereocenters. The Labute approximate surface area is 145 Å². The fraction of sp³-hybridized carbons (Fsp3) is 0.353. The minimum absolute atomic E-state index is 0.342. The average Bonchev–Trinajstić information content (AvgIpc) is 3.31. The molecule has 124 valence electrons. The molecule has 1 atom stereocenters. The van der Waals surface area contributed by atoms with Crippen LogP contribution in [0.15, 0.2) is 36.8 Å². The van der Waals surface area contributed by atoms with Gasteiger partial charge in [-0.05, 0) is 38.4 Å². The lowest BCUT2D eigenvalue weighted by atomic mass is 10.1. The van der Waals surface area contributed by atoms with Crippen LogP contribution >= 0.6 is 11.3 Å². The van der Waals surface area contributed by atoms with Gasteiger partial charge in [0.25, 0.3) is 0 Å². The summed E-state index contributed by atoms with van der Waals surface area (Å²) in [5.41, 5.74) is 1.11. The van der Waals surface area contributed by atoms with Gasteiger partial charge < -0.3 is 10.3 Å². The first-order chi connectivity index (χ1) is 11.8. The van der Waals surface area contributed by atoms with Gasteiger partial charge in [-0.2, -0.15) is 0 Å². The number of anilines is 2. The predicted octanol–water partition coefficient (Wildman–Crippen LogP) is 3.65. The van der Waals surface area contributed by atoms with Crippen molar-refractivity contribution in [1.82, 2.24) is 24.8 Å². The van der Waals surface area contributed by atoms with E-state index in [0.29, 0.717) is 6.04 Å². The molecule has 0 radical (unpaired) electrons. The zero-order chi connectivity index (χ0) is 16.4. The first-order valence-electron chi connectivity index (χ1n) is 8.16. The molecular weight excluding hydrogens is 320 g/mol. The van der Waals surface area contributed by atoms with E-state index < -0.39 is 0 Å². The van der Waals surface area contributed by atoms with E-state index in [2.05, 4.69) is 44.2 Å². The molecule has 7 heteroatoms. The van der Waals surface area contributed by atoms with E-state index in [9.17, 15) is 0 Å². The van der Waals surface area contributed by atoms with Gasteiger partial charge >= 0.3 is 0 Å². The number of pyridine rings is 1. The summed E-state index contributed by atoms with van der Waals surface area (Å²) in [7, 11) is 0. The SMILES string of the molecule is Cc1cnc(Nc2cccc([C@H]3CCCN3Cc3ncc[nH]3)n2)s1. The molecule has 1 aliphatic rings. The van der Waals surface area contributed by atoms with Gasteiger partial charge in [0.2, 0.25) is 0 Å². The Morgan fingerprint density at radius 2 is 2.33 bits per heavy atom. The number of aromatic amines is 1.